The minimum atomic E-state index is -0.427. The SMILES string of the molecule is C#C.CC.CC.CCC(C)/C(C)=C/C(=C(\C)Sc1n[nH]c(=O)n1-c1cc(Cl)ccc1C(C)C)[N+](=O)[O-]. The van der Waals surface area contributed by atoms with Gasteiger partial charge in [-0.25, -0.2) is 14.5 Å². The van der Waals surface area contributed by atoms with Crippen molar-refractivity contribution in [3.8, 4) is 18.5 Å². The number of hydrogen-bond acceptors (Lipinski definition) is 5. The van der Waals surface area contributed by atoms with Gasteiger partial charge in [0.1, 0.15) is 0 Å². The predicted molar refractivity (Wildman–Crippen MR) is 155 cm³/mol. The topological polar surface area (TPSA) is 93.8 Å². The maximum atomic E-state index is 12.5. The molecule has 0 aliphatic rings. The van der Waals surface area contributed by atoms with Gasteiger partial charge in [-0.2, -0.15) is 0 Å². The molecule has 0 saturated carbocycles. The molecule has 0 radical (unpaired) electrons. The molecule has 1 aromatic heterocycles. The second-order valence-corrected chi connectivity index (χ2v) is 9.12. The van der Waals surface area contributed by atoms with Crippen LogP contribution in [0.25, 0.3) is 5.69 Å². The molecule has 1 unspecified atom stereocenters. The van der Waals surface area contributed by atoms with Gasteiger partial charge in [-0.15, -0.1) is 17.9 Å². The highest BCUT2D eigenvalue weighted by Crippen LogP contribution is 2.32. The molecule has 0 saturated heterocycles. The molecule has 2 aromatic rings. The Balaban J connectivity index is 0. The van der Waals surface area contributed by atoms with E-state index in [1.807, 2.05) is 68.4 Å². The summed E-state index contributed by atoms with van der Waals surface area (Å²) in [5, 5.41) is 19.1. The number of allylic oxidation sites excluding steroid dienone is 3. The summed E-state index contributed by atoms with van der Waals surface area (Å²) in [6, 6.07) is 5.36. The van der Waals surface area contributed by atoms with Crippen LogP contribution in [0.2, 0.25) is 5.02 Å². The Morgan fingerprint density at radius 3 is 2.25 bits per heavy atom. The monoisotopic (exact) mass is 536 g/mol. The molecule has 0 amide bonds. The largest absolute Gasteiger partial charge is 0.348 e. The van der Waals surface area contributed by atoms with Crippen molar-refractivity contribution >= 4 is 23.4 Å². The summed E-state index contributed by atoms with van der Waals surface area (Å²) < 4.78 is 1.41. The first-order chi connectivity index (χ1) is 17.1. The highest BCUT2D eigenvalue weighted by Gasteiger charge is 2.21. The minimum Gasteiger partial charge on any atom is -0.258 e. The third-order valence-corrected chi connectivity index (χ3v) is 6.26. The zero-order chi connectivity index (χ0) is 28.6. The molecule has 1 aromatic carbocycles. The highest BCUT2D eigenvalue weighted by atomic mass is 35.5. The average molecular weight is 537 g/mol. The van der Waals surface area contributed by atoms with Crippen LogP contribution >= 0.6 is 23.4 Å². The molecule has 0 bridgehead atoms. The van der Waals surface area contributed by atoms with Gasteiger partial charge in [0.25, 0.3) is 5.70 Å². The third-order valence-electron chi connectivity index (χ3n) is 5.05. The van der Waals surface area contributed by atoms with Gasteiger partial charge in [0.15, 0.2) is 0 Å². The summed E-state index contributed by atoms with van der Waals surface area (Å²) in [5.41, 5.74) is 2.04. The number of halogens is 1. The van der Waals surface area contributed by atoms with E-state index in [-0.39, 0.29) is 17.5 Å². The molecule has 1 heterocycles. The van der Waals surface area contributed by atoms with E-state index in [1.165, 1.54) is 4.57 Å². The van der Waals surface area contributed by atoms with Crippen molar-refractivity contribution in [2.75, 3.05) is 0 Å². The number of thioether (sulfide) groups is 1. The first-order valence-corrected chi connectivity index (χ1v) is 13.3. The van der Waals surface area contributed by atoms with Crippen molar-refractivity contribution in [3.05, 3.63) is 71.6 Å². The molecule has 7 nitrogen and oxygen atoms in total. The molecule has 1 atom stereocenters. The smallest absolute Gasteiger partial charge is 0.258 e. The first kappa shape index (κ1) is 35.4. The highest BCUT2D eigenvalue weighted by molar-refractivity contribution is 8.02. The van der Waals surface area contributed by atoms with Crippen LogP contribution in [0.5, 0.6) is 0 Å². The van der Waals surface area contributed by atoms with Gasteiger partial charge >= 0.3 is 5.69 Å². The van der Waals surface area contributed by atoms with Gasteiger partial charge in [0, 0.05) is 11.1 Å². The lowest BCUT2D eigenvalue weighted by Gasteiger charge is -2.14. The van der Waals surface area contributed by atoms with Crippen LogP contribution in [-0.4, -0.2) is 19.7 Å². The molecular weight excluding hydrogens is 496 g/mol. The van der Waals surface area contributed by atoms with Gasteiger partial charge in [0.2, 0.25) is 5.16 Å². The van der Waals surface area contributed by atoms with Crippen LogP contribution in [0, 0.1) is 28.9 Å². The van der Waals surface area contributed by atoms with E-state index in [4.69, 9.17) is 11.6 Å². The molecule has 0 spiro atoms. The Hall–Kier alpha value is -2.76. The van der Waals surface area contributed by atoms with E-state index in [0.29, 0.717) is 20.8 Å². The van der Waals surface area contributed by atoms with Crippen molar-refractivity contribution in [2.45, 2.75) is 86.7 Å². The minimum absolute atomic E-state index is 0.00465. The van der Waals surface area contributed by atoms with Gasteiger partial charge in [0.05, 0.1) is 15.5 Å². The number of terminal acetylenes is 1. The van der Waals surface area contributed by atoms with Crippen molar-refractivity contribution in [2.24, 2.45) is 5.92 Å². The fourth-order valence-corrected chi connectivity index (χ4v) is 3.96. The van der Waals surface area contributed by atoms with Gasteiger partial charge in [-0.05, 0) is 61.6 Å². The Bertz CT molecular complexity index is 1100. The third kappa shape index (κ3) is 10.1. The molecule has 0 fully saturated rings. The van der Waals surface area contributed by atoms with E-state index < -0.39 is 10.6 Å². The standard InChI is InChI=1S/C21H27ClN4O3S.2C2H6.C2H2/c1-7-13(4)14(5)10-18(26(28)29)15(6)30-21-24-23-20(27)25(21)19-11-16(22)8-9-17(19)12(2)3;3*1-2/h8-13H,7H2,1-6H3,(H,23,27);2*1-2H3;1-2H/b14-10+,18-15-;;;. The summed E-state index contributed by atoms with van der Waals surface area (Å²) in [4.78, 5) is 24.3. The van der Waals surface area contributed by atoms with Crippen LogP contribution in [-0.2, 0) is 0 Å². The van der Waals surface area contributed by atoms with E-state index in [0.717, 1.165) is 29.3 Å². The Morgan fingerprint density at radius 1 is 1.22 bits per heavy atom. The van der Waals surface area contributed by atoms with Crippen LogP contribution in [0.3, 0.4) is 0 Å². The van der Waals surface area contributed by atoms with Crippen molar-refractivity contribution in [3.63, 3.8) is 0 Å². The average Bonchev–Trinajstić information content (AvgIpc) is 3.24. The lowest BCUT2D eigenvalue weighted by molar-refractivity contribution is -0.419. The number of rotatable bonds is 8. The zero-order valence-electron chi connectivity index (χ0n) is 23.2. The molecular formula is C27H41ClN4O3S. The van der Waals surface area contributed by atoms with E-state index in [9.17, 15) is 14.9 Å². The second-order valence-electron chi connectivity index (χ2n) is 7.50. The van der Waals surface area contributed by atoms with Gasteiger partial charge in [-0.3, -0.25) is 10.1 Å². The van der Waals surface area contributed by atoms with E-state index >= 15 is 0 Å². The number of H-pyrrole nitrogens is 1. The van der Waals surface area contributed by atoms with E-state index in [2.05, 4.69) is 23.0 Å². The number of nitrogens with one attached hydrogen (secondary N) is 1. The van der Waals surface area contributed by atoms with Crippen LogP contribution in [0.1, 0.15) is 87.1 Å². The number of benzene rings is 1. The number of nitro groups is 1. The van der Waals surface area contributed by atoms with Crippen LogP contribution in [0.4, 0.5) is 0 Å². The molecule has 0 aliphatic heterocycles. The fraction of sp³-hybridized carbons (Fsp3) is 0.481. The Kier molecular flexibility index (Phi) is 18.2. The fourth-order valence-electron chi connectivity index (χ4n) is 2.91. The molecule has 2 rings (SSSR count). The summed E-state index contributed by atoms with van der Waals surface area (Å²) in [6.45, 7) is 19.7. The van der Waals surface area contributed by atoms with Crippen molar-refractivity contribution in [1.82, 2.24) is 14.8 Å². The lowest BCUT2D eigenvalue weighted by Crippen LogP contribution is -2.17. The molecule has 0 aliphatic carbocycles. The van der Waals surface area contributed by atoms with E-state index in [1.54, 1.807) is 25.1 Å². The summed E-state index contributed by atoms with van der Waals surface area (Å²) in [5.74, 6) is 0.380. The number of nitrogens with zero attached hydrogens (tertiary/aromatic N) is 3. The molecule has 9 heteroatoms. The normalized spacial score (nSPS) is 12.1. The van der Waals surface area contributed by atoms with Crippen molar-refractivity contribution in [1.29, 1.82) is 0 Å². The Morgan fingerprint density at radius 2 is 1.78 bits per heavy atom. The number of aromatic amines is 1. The molecule has 36 heavy (non-hydrogen) atoms. The predicted octanol–water partition coefficient (Wildman–Crippen LogP) is 8.23. The van der Waals surface area contributed by atoms with Crippen LogP contribution in [0.15, 0.2) is 50.4 Å². The lowest BCUT2D eigenvalue weighted by atomic mass is 9.99. The summed E-state index contributed by atoms with van der Waals surface area (Å²) in [6.07, 6.45) is 10.5. The zero-order valence-corrected chi connectivity index (χ0v) is 24.8. The van der Waals surface area contributed by atoms with Gasteiger partial charge < -0.3 is 0 Å². The molecule has 200 valence electrons. The Labute approximate surface area is 225 Å². The summed E-state index contributed by atoms with van der Waals surface area (Å²) >= 11 is 7.26. The maximum absolute atomic E-state index is 12.5. The molecule has 1 N–H and O–H groups in total. The van der Waals surface area contributed by atoms with Gasteiger partial charge in [-0.1, -0.05) is 78.6 Å². The van der Waals surface area contributed by atoms with Crippen LogP contribution < -0.4 is 5.69 Å². The first-order valence-electron chi connectivity index (χ1n) is 12.1. The number of hydrogen-bond donors (Lipinski definition) is 1. The van der Waals surface area contributed by atoms with Crippen molar-refractivity contribution < 1.29 is 4.92 Å². The second kappa shape index (κ2) is 18.5. The quantitative estimate of drug-likeness (QED) is 0.120. The number of aromatic nitrogens is 3. The summed E-state index contributed by atoms with van der Waals surface area (Å²) in [7, 11) is 0. The maximum Gasteiger partial charge on any atom is 0.348 e.